The Labute approximate surface area is 204 Å². The molecular formula is C30H37NO3. The molecular weight excluding hydrogens is 422 g/mol. The number of fused-ring (bicyclic) bond motifs is 1. The molecule has 0 bridgehead atoms. The molecule has 3 aliphatic rings. The predicted octanol–water partition coefficient (Wildman–Crippen LogP) is 5.88. The van der Waals surface area contributed by atoms with Gasteiger partial charge in [0.15, 0.2) is 0 Å². The van der Waals surface area contributed by atoms with Crippen molar-refractivity contribution in [3.63, 3.8) is 0 Å². The maximum absolute atomic E-state index is 11.6. The van der Waals surface area contributed by atoms with Gasteiger partial charge in [-0.3, -0.25) is 4.90 Å². The lowest BCUT2D eigenvalue weighted by Crippen LogP contribution is -2.35. The molecule has 2 unspecified atom stereocenters. The summed E-state index contributed by atoms with van der Waals surface area (Å²) in [5.74, 6) is 7.60. The minimum absolute atomic E-state index is 0.0995. The SMILES string of the molecule is COC(=O)C(C)=CC1C=CC(C#Cc2cc(OC)c3c(c2)C(C)(C)CCC3N(C)C2CC2)=CC1. The predicted molar refractivity (Wildman–Crippen MR) is 137 cm³/mol. The highest BCUT2D eigenvalue weighted by atomic mass is 16.5. The zero-order chi connectivity index (χ0) is 24.5. The summed E-state index contributed by atoms with van der Waals surface area (Å²) < 4.78 is 10.7. The van der Waals surface area contributed by atoms with Gasteiger partial charge in [-0.2, -0.15) is 0 Å². The van der Waals surface area contributed by atoms with Crippen LogP contribution in [0.25, 0.3) is 0 Å². The molecule has 180 valence electrons. The van der Waals surface area contributed by atoms with Gasteiger partial charge >= 0.3 is 5.97 Å². The Kier molecular flexibility index (Phi) is 7.05. The van der Waals surface area contributed by atoms with Gasteiger partial charge in [0.1, 0.15) is 5.75 Å². The Balaban J connectivity index is 1.58. The van der Waals surface area contributed by atoms with Crippen LogP contribution in [-0.4, -0.2) is 38.2 Å². The van der Waals surface area contributed by atoms with Gasteiger partial charge in [0.2, 0.25) is 0 Å². The monoisotopic (exact) mass is 459 g/mol. The van der Waals surface area contributed by atoms with Gasteiger partial charge in [-0.25, -0.2) is 4.79 Å². The molecule has 34 heavy (non-hydrogen) atoms. The maximum Gasteiger partial charge on any atom is 0.333 e. The van der Waals surface area contributed by atoms with Gasteiger partial charge in [-0.15, -0.1) is 0 Å². The van der Waals surface area contributed by atoms with E-state index in [1.807, 2.05) is 12.2 Å². The van der Waals surface area contributed by atoms with Crippen molar-refractivity contribution in [1.29, 1.82) is 0 Å². The summed E-state index contributed by atoms with van der Waals surface area (Å²) in [4.78, 5) is 14.2. The number of nitrogens with zero attached hydrogens (tertiary/aromatic N) is 1. The zero-order valence-corrected chi connectivity index (χ0v) is 21.4. The minimum atomic E-state index is -0.280. The van der Waals surface area contributed by atoms with E-state index in [1.165, 1.54) is 31.1 Å². The lowest BCUT2D eigenvalue weighted by Gasteiger charge is -2.41. The molecule has 1 saturated carbocycles. The third-order valence-electron chi connectivity index (χ3n) is 7.54. The van der Waals surface area contributed by atoms with Crippen molar-refractivity contribution in [1.82, 2.24) is 4.90 Å². The summed E-state index contributed by atoms with van der Waals surface area (Å²) in [6.45, 7) is 6.47. The summed E-state index contributed by atoms with van der Waals surface area (Å²) in [6.07, 6.45) is 14.0. The topological polar surface area (TPSA) is 38.8 Å². The van der Waals surface area contributed by atoms with Crippen LogP contribution in [0.5, 0.6) is 5.75 Å². The van der Waals surface area contributed by atoms with Crippen LogP contribution in [0.2, 0.25) is 0 Å². The number of rotatable bonds is 5. The van der Waals surface area contributed by atoms with Crippen LogP contribution in [0, 0.1) is 17.8 Å². The fourth-order valence-electron chi connectivity index (χ4n) is 5.24. The number of benzene rings is 1. The quantitative estimate of drug-likeness (QED) is 0.313. The number of allylic oxidation sites excluding steroid dienone is 5. The number of carbonyl (C=O) groups excluding carboxylic acids is 1. The fraction of sp³-hybridized carbons (Fsp3) is 0.500. The summed E-state index contributed by atoms with van der Waals surface area (Å²) >= 11 is 0. The van der Waals surface area contributed by atoms with Crippen LogP contribution in [0.15, 0.2) is 47.6 Å². The van der Waals surface area contributed by atoms with E-state index < -0.39 is 0 Å². The Morgan fingerprint density at radius 3 is 2.56 bits per heavy atom. The van der Waals surface area contributed by atoms with E-state index in [0.29, 0.717) is 17.7 Å². The number of carbonyl (C=O) groups is 1. The Bertz CT molecular complexity index is 1110. The van der Waals surface area contributed by atoms with Crippen molar-refractivity contribution >= 4 is 5.97 Å². The molecule has 0 aromatic heterocycles. The van der Waals surface area contributed by atoms with E-state index in [0.717, 1.165) is 36.1 Å². The van der Waals surface area contributed by atoms with E-state index in [4.69, 9.17) is 9.47 Å². The maximum atomic E-state index is 11.6. The second-order valence-corrected chi connectivity index (χ2v) is 10.5. The molecule has 1 aromatic carbocycles. The average molecular weight is 460 g/mol. The molecule has 3 aliphatic carbocycles. The van der Waals surface area contributed by atoms with Gasteiger partial charge in [0, 0.05) is 34.4 Å². The van der Waals surface area contributed by atoms with Crippen LogP contribution in [0.3, 0.4) is 0 Å². The molecule has 0 amide bonds. The lowest BCUT2D eigenvalue weighted by atomic mass is 9.70. The summed E-state index contributed by atoms with van der Waals surface area (Å²) in [7, 11) is 5.46. The lowest BCUT2D eigenvalue weighted by molar-refractivity contribution is -0.136. The smallest absolute Gasteiger partial charge is 0.333 e. The van der Waals surface area contributed by atoms with Crippen molar-refractivity contribution in [3.8, 4) is 17.6 Å². The normalized spacial score (nSPS) is 23.5. The highest BCUT2D eigenvalue weighted by molar-refractivity contribution is 5.87. The van der Waals surface area contributed by atoms with E-state index in [9.17, 15) is 4.79 Å². The minimum Gasteiger partial charge on any atom is -0.496 e. The molecule has 0 aliphatic heterocycles. The summed E-state index contributed by atoms with van der Waals surface area (Å²) in [6, 6.07) is 5.52. The van der Waals surface area contributed by atoms with Crippen LogP contribution in [0.1, 0.15) is 75.6 Å². The zero-order valence-electron chi connectivity index (χ0n) is 21.4. The largest absolute Gasteiger partial charge is 0.496 e. The van der Waals surface area contributed by atoms with E-state index >= 15 is 0 Å². The highest BCUT2D eigenvalue weighted by Crippen LogP contribution is 2.49. The molecule has 0 N–H and O–H groups in total. The highest BCUT2D eigenvalue weighted by Gasteiger charge is 2.40. The molecule has 2 atom stereocenters. The standard InChI is InChI=1S/C30H37NO3/c1-20(29(32)34-6)17-22-10-7-21(8-11-22)9-12-23-18-25-28(27(19-23)33-5)26(15-16-30(25,2)3)31(4)24-13-14-24/h7-8,10,17-19,22,24,26H,11,13-16H2,1-6H3. The van der Waals surface area contributed by atoms with Gasteiger partial charge in [-0.05, 0) is 75.1 Å². The first-order chi connectivity index (χ1) is 16.2. The number of hydrogen-bond acceptors (Lipinski definition) is 4. The van der Waals surface area contributed by atoms with E-state index in [2.05, 4.69) is 61.9 Å². The first kappa shape index (κ1) is 24.4. The van der Waals surface area contributed by atoms with Crippen LogP contribution >= 0.6 is 0 Å². The molecule has 0 radical (unpaired) electrons. The van der Waals surface area contributed by atoms with E-state index in [1.54, 1.807) is 14.0 Å². The first-order valence-electron chi connectivity index (χ1n) is 12.3. The molecule has 1 aromatic rings. The molecule has 0 spiro atoms. The average Bonchev–Trinajstić information content (AvgIpc) is 3.68. The van der Waals surface area contributed by atoms with Crippen molar-refractivity contribution in [2.45, 2.75) is 70.4 Å². The molecule has 4 heteroatoms. The number of ether oxygens (including phenoxy) is 2. The fourth-order valence-corrected chi connectivity index (χ4v) is 5.24. The molecule has 0 saturated heterocycles. The third-order valence-corrected chi connectivity index (χ3v) is 7.54. The second-order valence-electron chi connectivity index (χ2n) is 10.5. The second kappa shape index (κ2) is 9.84. The molecule has 4 nitrogen and oxygen atoms in total. The van der Waals surface area contributed by atoms with Crippen LogP contribution < -0.4 is 4.74 Å². The number of methoxy groups -OCH3 is 2. The van der Waals surface area contributed by atoms with Crippen molar-refractivity contribution < 1.29 is 14.3 Å². The Hall–Kier alpha value is -2.77. The number of hydrogen-bond donors (Lipinski definition) is 0. The van der Waals surface area contributed by atoms with Crippen molar-refractivity contribution in [3.05, 3.63) is 64.3 Å². The first-order valence-corrected chi connectivity index (χ1v) is 12.3. The van der Waals surface area contributed by atoms with Gasteiger partial charge in [0.25, 0.3) is 0 Å². The van der Waals surface area contributed by atoms with Gasteiger partial charge < -0.3 is 9.47 Å². The van der Waals surface area contributed by atoms with Crippen LogP contribution in [-0.2, 0) is 14.9 Å². The number of esters is 1. The van der Waals surface area contributed by atoms with Gasteiger partial charge in [-0.1, -0.05) is 50.0 Å². The van der Waals surface area contributed by atoms with Crippen molar-refractivity contribution in [2.24, 2.45) is 5.92 Å². The Morgan fingerprint density at radius 2 is 1.94 bits per heavy atom. The molecule has 0 heterocycles. The summed E-state index contributed by atoms with van der Waals surface area (Å²) in [5.41, 5.74) is 5.46. The summed E-state index contributed by atoms with van der Waals surface area (Å²) in [5, 5.41) is 0. The third kappa shape index (κ3) is 5.15. The molecule has 1 fully saturated rings. The Morgan fingerprint density at radius 1 is 1.18 bits per heavy atom. The van der Waals surface area contributed by atoms with Crippen molar-refractivity contribution in [2.75, 3.05) is 21.3 Å². The van der Waals surface area contributed by atoms with Gasteiger partial charge in [0.05, 0.1) is 14.2 Å². The molecule has 4 rings (SSSR count). The van der Waals surface area contributed by atoms with Crippen LogP contribution in [0.4, 0.5) is 0 Å². The van der Waals surface area contributed by atoms with E-state index in [-0.39, 0.29) is 17.3 Å².